The number of aromatic nitrogens is 2. The van der Waals surface area contributed by atoms with E-state index in [2.05, 4.69) is 4.98 Å². The summed E-state index contributed by atoms with van der Waals surface area (Å²) in [6.45, 7) is 1.90. The van der Waals surface area contributed by atoms with Gasteiger partial charge in [0, 0.05) is 17.5 Å². The van der Waals surface area contributed by atoms with E-state index < -0.39 is 0 Å². The van der Waals surface area contributed by atoms with Crippen molar-refractivity contribution in [1.82, 2.24) is 9.38 Å². The molecule has 4 heteroatoms. The zero-order chi connectivity index (χ0) is 12.7. The number of imidazole rings is 1. The number of nitrogens with zero attached hydrogens (tertiary/aromatic N) is 2. The smallest absolute Gasteiger partial charge is 0.156 e. The Hall–Kier alpha value is -1.87. The fourth-order valence-corrected chi connectivity index (χ4v) is 2.27. The van der Waals surface area contributed by atoms with Gasteiger partial charge in [-0.3, -0.25) is 0 Å². The number of hydrogen-bond acceptors (Lipinski definition) is 1. The molecule has 0 N–H and O–H groups in total. The summed E-state index contributed by atoms with van der Waals surface area (Å²) >= 11 is 6.09. The lowest BCUT2D eigenvalue weighted by atomic mass is 10.1. The number of halogens is 2. The topological polar surface area (TPSA) is 17.3 Å². The molecule has 0 radical (unpaired) electrons. The summed E-state index contributed by atoms with van der Waals surface area (Å²) in [6, 6.07) is 10.2. The summed E-state index contributed by atoms with van der Waals surface area (Å²) < 4.78 is 15.7. The van der Waals surface area contributed by atoms with Crippen molar-refractivity contribution in [3.05, 3.63) is 59.1 Å². The second-order valence-corrected chi connectivity index (χ2v) is 4.48. The molecule has 0 fully saturated rings. The van der Waals surface area contributed by atoms with Gasteiger partial charge in [-0.15, -0.1) is 0 Å². The normalized spacial score (nSPS) is 11.1. The van der Waals surface area contributed by atoms with Crippen molar-refractivity contribution in [3.63, 3.8) is 0 Å². The van der Waals surface area contributed by atoms with Crippen LogP contribution in [0.1, 0.15) is 5.69 Å². The molecule has 0 aliphatic rings. The Labute approximate surface area is 109 Å². The molecule has 0 bridgehead atoms. The van der Waals surface area contributed by atoms with Gasteiger partial charge < -0.3 is 4.40 Å². The van der Waals surface area contributed by atoms with E-state index in [1.165, 1.54) is 6.07 Å². The fourth-order valence-electron chi connectivity index (χ4n) is 2.06. The summed E-state index contributed by atoms with van der Waals surface area (Å²) in [6.07, 6.45) is 1.87. The third-order valence-electron chi connectivity index (χ3n) is 2.97. The number of hydrogen-bond donors (Lipinski definition) is 0. The minimum absolute atomic E-state index is 0.278. The highest BCUT2D eigenvalue weighted by molar-refractivity contribution is 6.33. The molecule has 2 nitrogen and oxygen atoms in total. The molecular weight excluding hydrogens is 251 g/mol. The van der Waals surface area contributed by atoms with Gasteiger partial charge in [0.15, 0.2) is 5.65 Å². The Morgan fingerprint density at radius 2 is 1.94 bits per heavy atom. The lowest BCUT2D eigenvalue weighted by Crippen LogP contribution is -1.88. The van der Waals surface area contributed by atoms with Crippen LogP contribution < -0.4 is 0 Å². The third-order valence-corrected chi connectivity index (χ3v) is 3.27. The highest BCUT2D eigenvalue weighted by Gasteiger charge is 2.14. The molecule has 0 atom stereocenters. The van der Waals surface area contributed by atoms with E-state index in [4.69, 9.17) is 11.6 Å². The van der Waals surface area contributed by atoms with Crippen molar-refractivity contribution >= 4 is 17.2 Å². The number of fused-ring (bicyclic) bond motifs is 1. The molecule has 90 valence electrons. The van der Waals surface area contributed by atoms with Crippen molar-refractivity contribution in [2.45, 2.75) is 6.92 Å². The SMILES string of the molecule is Cc1c(-c2ccccc2F)nc2c(Cl)cccn12. The molecule has 0 saturated carbocycles. The lowest BCUT2D eigenvalue weighted by Gasteiger charge is -2.00. The molecule has 0 amide bonds. The first kappa shape index (κ1) is 11.2. The zero-order valence-electron chi connectivity index (χ0n) is 9.69. The summed E-state index contributed by atoms with van der Waals surface area (Å²) in [5.41, 5.74) is 2.64. The van der Waals surface area contributed by atoms with Gasteiger partial charge >= 0.3 is 0 Å². The molecule has 0 saturated heterocycles. The summed E-state index contributed by atoms with van der Waals surface area (Å²) in [5.74, 6) is -0.278. The predicted molar refractivity (Wildman–Crippen MR) is 70.3 cm³/mol. The van der Waals surface area contributed by atoms with E-state index in [0.717, 1.165) is 5.69 Å². The van der Waals surface area contributed by atoms with E-state index in [1.807, 2.05) is 23.6 Å². The molecule has 2 aromatic heterocycles. The minimum Gasteiger partial charge on any atom is -0.302 e. The van der Waals surface area contributed by atoms with Crippen molar-refractivity contribution in [2.24, 2.45) is 0 Å². The second-order valence-electron chi connectivity index (χ2n) is 4.08. The molecule has 3 rings (SSSR count). The molecule has 0 aliphatic carbocycles. The van der Waals surface area contributed by atoms with E-state index in [0.29, 0.717) is 21.9 Å². The van der Waals surface area contributed by atoms with Crippen molar-refractivity contribution < 1.29 is 4.39 Å². The van der Waals surface area contributed by atoms with Gasteiger partial charge in [-0.1, -0.05) is 23.7 Å². The lowest BCUT2D eigenvalue weighted by molar-refractivity contribution is 0.630. The van der Waals surface area contributed by atoms with E-state index in [9.17, 15) is 4.39 Å². The number of pyridine rings is 1. The fraction of sp³-hybridized carbons (Fsp3) is 0.0714. The Kier molecular flexibility index (Phi) is 2.56. The van der Waals surface area contributed by atoms with Crippen LogP contribution in [0.15, 0.2) is 42.6 Å². The first-order valence-corrected chi connectivity index (χ1v) is 5.94. The van der Waals surface area contributed by atoms with Gasteiger partial charge in [0.05, 0.1) is 10.7 Å². The van der Waals surface area contributed by atoms with E-state index in [-0.39, 0.29) is 5.82 Å². The standard InChI is InChI=1S/C14H10ClFN2/c1-9-13(10-5-2-3-7-12(10)16)17-14-11(15)6-4-8-18(9)14/h2-8H,1H3. The van der Waals surface area contributed by atoms with Crippen LogP contribution in [-0.2, 0) is 0 Å². The van der Waals surface area contributed by atoms with Crippen LogP contribution in [0.5, 0.6) is 0 Å². The minimum atomic E-state index is -0.278. The average Bonchev–Trinajstić information content (AvgIpc) is 2.70. The first-order chi connectivity index (χ1) is 8.68. The third kappa shape index (κ3) is 1.59. The molecule has 18 heavy (non-hydrogen) atoms. The molecule has 2 heterocycles. The molecule has 0 aliphatic heterocycles. The van der Waals surface area contributed by atoms with Gasteiger partial charge in [0.1, 0.15) is 5.82 Å². The molecule has 0 unspecified atom stereocenters. The molecular formula is C14H10ClFN2. The summed E-state index contributed by atoms with van der Waals surface area (Å²) in [4.78, 5) is 4.43. The quantitative estimate of drug-likeness (QED) is 0.644. The Morgan fingerprint density at radius 1 is 1.17 bits per heavy atom. The van der Waals surface area contributed by atoms with Crippen molar-refractivity contribution in [2.75, 3.05) is 0 Å². The van der Waals surface area contributed by atoms with Crippen LogP contribution >= 0.6 is 11.6 Å². The summed E-state index contributed by atoms with van der Waals surface area (Å²) in [5, 5.41) is 0.559. The van der Waals surface area contributed by atoms with Crippen LogP contribution in [0.3, 0.4) is 0 Å². The Bertz CT molecular complexity index is 734. The maximum atomic E-state index is 13.8. The highest BCUT2D eigenvalue weighted by Crippen LogP contribution is 2.28. The van der Waals surface area contributed by atoms with Crippen LogP contribution in [-0.4, -0.2) is 9.38 Å². The monoisotopic (exact) mass is 260 g/mol. The zero-order valence-corrected chi connectivity index (χ0v) is 10.4. The van der Waals surface area contributed by atoms with Crippen LogP contribution in [0.4, 0.5) is 4.39 Å². The molecule has 1 aromatic carbocycles. The molecule has 3 aromatic rings. The largest absolute Gasteiger partial charge is 0.302 e. The number of rotatable bonds is 1. The Morgan fingerprint density at radius 3 is 2.67 bits per heavy atom. The maximum absolute atomic E-state index is 13.8. The maximum Gasteiger partial charge on any atom is 0.156 e. The first-order valence-electron chi connectivity index (χ1n) is 5.56. The predicted octanol–water partition coefficient (Wildman–Crippen LogP) is 4.10. The van der Waals surface area contributed by atoms with Crippen LogP contribution in [0.25, 0.3) is 16.9 Å². The van der Waals surface area contributed by atoms with E-state index >= 15 is 0 Å². The Balaban J connectivity index is 2.35. The van der Waals surface area contributed by atoms with Gasteiger partial charge in [-0.25, -0.2) is 9.37 Å². The van der Waals surface area contributed by atoms with Crippen LogP contribution in [0.2, 0.25) is 5.02 Å². The van der Waals surface area contributed by atoms with Gasteiger partial charge in [-0.2, -0.15) is 0 Å². The van der Waals surface area contributed by atoms with Crippen molar-refractivity contribution in [3.8, 4) is 11.3 Å². The van der Waals surface area contributed by atoms with Gasteiger partial charge in [0.2, 0.25) is 0 Å². The highest BCUT2D eigenvalue weighted by atomic mass is 35.5. The van der Waals surface area contributed by atoms with Crippen LogP contribution in [0, 0.1) is 12.7 Å². The van der Waals surface area contributed by atoms with Gasteiger partial charge in [0.25, 0.3) is 0 Å². The van der Waals surface area contributed by atoms with Gasteiger partial charge in [-0.05, 0) is 31.2 Å². The molecule has 0 spiro atoms. The number of benzene rings is 1. The average molecular weight is 261 g/mol. The van der Waals surface area contributed by atoms with Crippen molar-refractivity contribution in [1.29, 1.82) is 0 Å². The van der Waals surface area contributed by atoms with E-state index in [1.54, 1.807) is 24.3 Å². The second kappa shape index (κ2) is 4.10. The summed E-state index contributed by atoms with van der Waals surface area (Å²) in [7, 11) is 0. The number of aryl methyl sites for hydroxylation is 1.